The maximum absolute atomic E-state index is 12.1. The standard InChI is InChI=1S/C14H28N2O2/c1-7-8-9-10-16(6)13(17)12(15)11(2)18-14(3,4)5/h7,11-12H,1,8-10,15H2,2-6H3/t11-,12+/m1/s1. The molecule has 2 atom stereocenters. The summed E-state index contributed by atoms with van der Waals surface area (Å²) in [4.78, 5) is 13.7. The van der Waals surface area contributed by atoms with E-state index in [1.165, 1.54) is 0 Å². The topological polar surface area (TPSA) is 55.6 Å². The zero-order valence-corrected chi connectivity index (χ0v) is 12.4. The molecule has 0 bridgehead atoms. The highest BCUT2D eigenvalue weighted by atomic mass is 16.5. The zero-order valence-electron chi connectivity index (χ0n) is 12.4. The van der Waals surface area contributed by atoms with E-state index in [1.807, 2.05) is 33.8 Å². The van der Waals surface area contributed by atoms with Gasteiger partial charge in [-0.3, -0.25) is 4.79 Å². The normalized spacial score (nSPS) is 15.0. The number of likely N-dealkylation sites (N-methyl/N-ethyl adjacent to an activating group) is 1. The van der Waals surface area contributed by atoms with E-state index in [-0.39, 0.29) is 17.6 Å². The van der Waals surface area contributed by atoms with Crippen LogP contribution in [0.2, 0.25) is 0 Å². The summed E-state index contributed by atoms with van der Waals surface area (Å²) >= 11 is 0. The SMILES string of the molecule is C=CCCCN(C)C(=O)[C@@H](N)[C@@H](C)OC(C)(C)C. The van der Waals surface area contributed by atoms with Crippen LogP contribution in [0.4, 0.5) is 0 Å². The third-order valence-electron chi connectivity index (χ3n) is 2.61. The molecule has 0 aromatic heterocycles. The molecule has 0 radical (unpaired) electrons. The molecular weight excluding hydrogens is 228 g/mol. The number of unbranched alkanes of at least 4 members (excludes halogenated alkanes) is 1. The molecule has 4 heteroatoms. The van der Waals surface area contributed by atoms with Gasteiger partial charge in [-0.25, -0.2) is 0 Å². The minimum atomic E-state index is -0.613. The van der Waals surface area contributed by atoms with Crippen molar-refractivity contribution >= 4 is 5.91 Å². The maximum atomic E-state index is 12.1. The molecule has 0 aliphatic rings. The van der Waals surface area contributed by atoms with Gasteiger partial charge < -0.3 is 15.4 Å². The Balaban J connectivity index is 4.26. The van der Waals surface area contributed by atoms with Crippen molar-refractivity contribution in [2.75, 3.05) is 13.6 Å². The largest absolute Gasteiger partial charge is 0.371 e. The van der Waals surface area contributed by atoms with Crippen molar-refractivity contribution < 1.29 is 9.53 Å². The molecule has 0 unspecified atom stereocenters. The van der Waals surface area contributed by atoms with Crippen LogP contribution in [-0.4, -0.2) is 42.1 Å². The van der Waals surface area contributed by atoms with Gasteiger partial charge in [0.25, 0.3) is 0 Å². The van der Waals surface area contributed by atoms with Crippen LogP contribution in [0.1, 0.15) is 40.5 Å². The first kappa shape index (κ1) is 17.1. The molecule has 0 aromatic carbocycles. The number of carbonyl (C=O) groups is 1. The summed E-state index contributed by atoms with van der Waals surface area (Å²) in [6.45, 7) is 12.1. The van der Waals surface area contributed by atoms with E-state index in [0.717, 1.165) is 12.8 Å². The van der Waals surface area contributed by atoms with E-state index in [9.17, 15) is 4.79 Å². The highest BCUT2D eigenvalue weighted by Gasteiger charge is 2.27. The average Bonchev–Trinajstić information content (AvgIpc) is 2.24. The van der Waals surface area contributed by atoms with E-state index in [0.29, 0.717) is 6.54 Å². The van der Waals surface area contributed by atoms with Gasteiger partial charge in [0.05, 0.1) is 11.7 Å². The Labute approximate surface area is 111 Å². The summed E-state index contributed by atoms with van der Waals surface area (Å²) in [7, 11) is 1.77. The summed E-state index contributed by atoms with van der Waals surface area (Å²) in [6.07, 6.45) is 3.37. The van der Waals surface area contributed by atoms with Crippen LogP contribution < -0.4 is 5.73 Å². The minimum absolute atomic E-state index is 0.0733. The number of allylic oxidation sites excluding steroid dienone is 1. The summed E-state index contributed by atoms with van der Waals surface area (Å²) in [5.74, 6) is -0.0733. The van der Waals surface area contributed by atoms with Crippen LogP contribution in [0.25, 0.3) is 0 Å². The van der Waals surface area contributed by atoms with Crippen LogP contribution in [0.3, 0.4) is 0 Å². The van der Waals surface area contributed by atoms with Crippen molar-refractivity contribution in [1.29, 1.82) is 0 Å². The van der Waals surface area contributed by atoms with E-state index in [1.54, 1.807) is 11.9 Å². The lowest BCUT2D eigenvalue weighted by Crippen LogP contribution is -2.50. The van der Waals surface area contributed by atoms with Crippen molar-refractivity contribution in [3.63, 3.8) is 0 Å². The van der Waals surface area contributed by atoms with Crippen molar-refractivity contribution in [2.24, 2.45) is 5.73 Å². The fraction of sp³-hybridized carbons (Fsp3) is 0.786. The highest BCUT2D eigenvalue weighted by molar-refractivity contribution is 5.82. The molecule has 0 rings (SSSR count). The summed E-state index contributed by atoms with van der Waals surface area (Å²) in [5.41, 5.74) is 5.64. The van der Waals surface area contributed by atoms with Crippen molar-refractivity contribution in [2.45, 2.75) is 58.3 Å². The number of hydrogen-bond acceptors (Lipinski definition) is 3. The third-order valence-corrected chi connectivity index (χ3v) is 2.61. The van der Waals surface area contributed by atoms with E-state index < -0.39 is 6.04 Å². The molecule has 106 valence electrons. The first-order valence-electron chi connectivity index (χ1n) is 6.48. The number of carbonyl (C=O) groups excluding carboxylic acids is 1. The smallest absolute Gasteiger partial charge is 0.241 e. The Morgan fingerprint density at radius 1 is 1.50 bits per heavy atom. The lowest BCUT2D eigenvalue weighted by Gasteiger charge is -2.30. The van der Waals surface area contributed by atoms with Crippen LogP contribution in [-0.2, 0) is 9.53 Å². The molecule has 4 nitrogen and oxygen atoms in total. The molecule has 0 aliphatic carbocycles. The second kappa shape index (κ2) is 7.54. The molecule has 0 aromatic rings. The number of nitrogens with two attached hydrogens (primary N) is 1. The Morgan fingerprint density at radius 3 is 2.50 bits per heavy atom. The van der Waals surface area contributed by atoms with E-state index in [4.69, 9.17) is 10.5 Å². The van der Waals surface area contributed by atoms with Gasteiger partial charge in [-0.05, 0) is 40.5 Å². The number of rotatable bonds is 7. The first-order chi connectivity index (χ1) is 8.19. The molecule has 0 saturated carbocycles. The fourth-order valence-electron chi connectivity index (χ4n) is 1.67. The Morgan fingerprint density at radius 2 is 2.06 bits per heavy atom. The predicted octanol–water partition coefficient (Wildman–Crippen LogP) is 1.94. The maximum Gasteiger partial charge on any atom is 0.241 e. The molecule has 0 spiro atoms. The van der Waals surface area contributed by atoms with Gasteiger partial charge in [0, 0.05) is 13.6 Å². The van der Waals surface area contributed by atoms with Crippen molar-refractivity contribution in [3.8, 4) is 0 Å². The Kier molecular flexibility index (Phi) is 7.18. The molecule has 0 heterocycles. The van der Waals surface area contributed by atoms with Gasteiger partial charge in [0.1, 0.15) is 6.04 Å². The molecule has 0 aliphatic heterocycles. The Bertz CT molecular complexity index is 271. The first-order valence-corrected chi connectivity index (χ1v) is 6.48. The van der Waals surface area contributed by atoms with Crippen molar-refractivity contribution in [1.82, 2.24) is 4.90 Å². The van der Waals surface area contributed by atoms with Gasteiger partial charge in [-0.2, -0.15) is 0 Å². The fourth-order valence-corrected chi connectivity index (χ4v) is 1.67. The van der Waals surface area contributed by atoms with E-state index >= 15 is 0 Å². The van der Waals surface area contributed by atoms with Crippen LogP contribution >= 0.6 is 0 Å². The summed E-state index contributed by atoms with van der Waals surface area (Å²) in [5, 5.41) is 0. The number of nitrogens with zero attached hydrogens (tertiary/aromatic N) is 1. The van der Waals surface area contributed by atoms with Crippen LogP contribution in [0, 0.1) is 0 Å². The van der Waals surface area contributed by atoms with Gasteiger partial charge in [0.2, 0.25) is 5.91 Å². The average molecular weight is 256 g/mol. The number of hydrogen-bond donors (Lipinski definition) is 1. The van der Waals surface area contributed by atoms with Crippen LogP contribution in [0.5, 0.6) is 0 Å². The molecular formula is C14H28N2O2. The Hall–Kier alpha value is -0.870. The monoisotopic (exact) mass is 256 g/mol. The lowest BCUT2D eigenvalue weighted by atomic mass is 10.1. The molecule has 2 N–H and O–H groups in total. The molecule has 0 saturated heterocycles. The van der Waals surface area contributed by atoms with Gasteiger partial charge in [-0.1, -0.05) is 6.08 Å². The van der Waals surface area contributed by atoms with E-state index in [2.05, 4.69) is 6.58 Å². The summed E-state index contributed by atoms with van der Waals surface area (Å²) in [6, 6.07) is -0.613. The van der Waals surface area contributed by atoms with Gasteiger partial charge >= 0.3 is 0 Å². The van der Waals surface area contributed by atoms with Gasteiger partial charge in [0.15, 0.2) is 0 Å². The quantitative estimate of drug-likeness (QED) is 0.559. The molecule has 18 heavy (non-hydrogen) atoms. The number of ether oxygens (including phenoxy) is 1. The lowest BCUT2D eigenvalue weighted by molar-refractivity contribution is -0.138. The van der Waals surface area contributed by atoms with Crippen molar-refractivity contribution in [3.05, 3.63) is 12.7 Å². The van der Waals surface area contributed by atoms with Gasteiger partial charge in [-0.15, -0.1) is 6.58 Å². The second-order valence-corrected chi connectivity index (χ2v) is 5.65. The molecule has 1 amide bonds. The van der Waals surface area contributed by atoms with Crippen LogP contribution in [0.15, 0.2) is 12.7 Å². The molecule has 0 fully saturated rings. The highest BCUT2D eigenvalue weighted by Crippen LogP contribution is 2.13. The second-order valence-electron chi connectivity index (χ2n) is 5.65. The summed E-state index contributed by atoms with van der Waals surface area (Å²) < 4.78 is 5.71. The zero-order chi connectivity index (χ0) is 14.3. The third kappa shape index (κ3) is 6.77. The predicted molar refractivity (Wildman–Crippen MR) is 75.3 cm³/mol. The number of amides is 1. The minimum Gasteiger partial charge on any atom is -0.371 e.